The van der Waals surface area contributed by atoms with Gasteiger partial charge in [0, 0.05) is 0 Å². The first kappa shape index (κ1) is 18.4. The molecule has 1 saturated heterocycles. The summed E-state index contributed by atoms with van der Waals surface area (Å²) in [4.78, 5) is 33.8. The van der Waals surface area contributed by atoms with Crippen molar-refractivity contribution in [1.82, 2.24) is 10.2 Å². The van der Waals surface area contributed by atoms with Crippen LogP contribution in [-0.2, 0) is 14.4 Å². The molecule has 1 heterocycles. The summed E-state index contributed by atoms with van der Waals surface area (Å²) in [6, 6.07) is 4.42. The number of carboxylic acids is 1. The first-order valence-corrected chi connectivity index (χ1v) is 7.01. The molecule has 2 rings (SSSR count). The van der Waals surface area contributed by atoms with Gasteiger partial charge in [0.1, 0.15) is 5.75 Å². The molecule has 0 radical (unpaired) electrons. The molecule has 0 aromatic heterocycles. The van der Waals surface area contributed by atoms with Crippen LogP contribution in [0.3, 0.4) is 0 Å². The predicted molar refractivity (Wildman–Crippen MR) is 81.0 cm³/mol. The van der Waals surface area contributed by atoms with E-state index in [9.17, 15) is 19.8 Å². The second-order valence-electron chi connectivity index (χ2n) is 5.12. The fraction of sp³-hybridized carbons (Fsp3) is 0.400. The highest BCUT2D eigenvalue weighted by molar-refractivity contribution is 5.87. The molecular weight excluding hydrogens is 304 g/mol. The van der Waals surface area contributed by atoms with Gasteiger partial charge < -0.3 is 20.6 Å². The van der Waals surface area contributed by atoms with E-state index in [1.807, 2.05) is 11.9 Å². The van der Waals surface area contributed by atoms with Crippen molar-refractivity contribution in [3.8, 4) is 5.75 Å². The Morgan fingerprint density at radius 3 is 2.35 bits per heavy atom. The Bertz CT molecular complexity index is 545. The van der Waals surface area contributed by atoms with Crippen LogP contribution in [0.1, 0.15) is 24.4 Å². The van der Waals surface area contributed by atoms with Crippen LogP contribution in [-0.4, -0.2) is 58.2 Å². The third kappa shape index (κ3) is 5.26. The van der Waals surface area contributed by atoms with Gasteiger partial charge in [0.15, 0.2) is 6.04 Å². The molecule has 8 heteroatoms. The minimum atomic E-state index is -1.12. The average molecular weight is 324 g/mol. The molecule has 126 valence electrons. The van der Waals surface area contributed by atoms with Crippen molar-refractivity contribution in [1.29, 1.82) is 0 Å². The van der Waals surface area contributed by atoms with Gasteiger partial charge in [-0.2, -0.15) is 0 Å². The van der Waals surface area contributed by atoms with Crippen molar-refractivity contribution in [2.75, 3.05) is 13.6 Å². The standard InChI is InChI=1S/C14H18N2O4.CH2O2/c1-16-8-2-3-11(16)13(18)15-12(14(19)20)9-4-6-10(17)7-5-9;2-1-3/h4-7,11-12,17H,2-3,8H2,1H3,(H,15,18)(H,19,20);1H,(H,2,3)/t11-,12+;/m0./s1. The van der Waals surface area contributed by atoms with Gasteiger partial charge in [-0.15, -0.1) is 0 Å². The lowest BCUT2D eigenvalue weighted by Crippen LogP contribution is -2.44. The summed E-state index contributed by atoms with van der Waals surface area (Å²) in [7, 11) is 1.85. The summed E-state index contributed by atoms with van der Waals surface area (Å²) >= 11 is 0. The van der Waals surface area contributed by atoms with E-state index in [0.29, 0.717) is 5.56 Å². The number of amides is 1. The van der Waals surface area contributed by atoms with Crippen molar-refractivity contribution in [2.24, 2.45) is 0 Å². The number of carbonyl (C=O) groups is 3. The van der Waals surface area contributed by atoms with Crippen LogP contribution in [0.15, 0.2) is 24.3 Å². The van der Waals surface area contributed by atoms with E-state index in [0.717, 1.165) is 19.4 Å². The maximum Gasteiger partial charge on any atom is 0.330 e. The number of likely N-dealkylation sites (N-methyl/N-ethyl adjacent to an activating group) is 1. The molecule has 1 fully saturated rings. The van der Waals surface area contributed by atoms with E-state index in [4.69, 9.17) is 9.90 Å². The second-order valence-corrected chi connectivity index (χ2v) is 5.12. The van der Waals surface area contributed by atoms with Crippen molar-refractivity contribution in [3.05, 3.63) is 29.8 Å². The fourth-order valence-electron chi connectivity index (χ4n) is 2.43. The number of likely N-dealkylation sites (tertiary alicyclic amines) is 1. The zero-order valence-electron chi connectivity index (χ0n) is 12.7. The van der Waals surface area contributed by atoms with Gasteiger partial charge in [0.05, 0.1) is 6.04 Å². The van der Waals surface area contributed by atoms with Gasteiger partial charge in [-0.25, -0.2) is 4.79 Å². The minimum Gasteiger partial charge on any atom is -0.508 e. The molecular formula is C15H20N2O6. The van der Waals surface area contributed by atoms with E-state index in [1.165, 1.54) is 24.3 Å². The molecule has 1 aliphatic heterocycles. The number of carbonyl (C=O) groups excluding carboxylic acids is 1. The second kappa shape index (κ2) is 8.74. The molecule has 8 nitrogen and oxygen atoms in total. The Labute approximate surface area is 133 Å². The van der Waals surface area contributed by atoms with E-state index < -0.39 is 12.0 Å². The van der Waals surface area contributed by atoms with Gasteiger partial charge >= 0.3 is 5.97 Å². The zero-order chi connectivity index (χ0) is 17.4. The Morgan fingerprint density at radius 1 is 1.35 bits per heavy atom. The number of hydrogen-bond donors (Lipinski definition) is 4. The molecule has 1 aromatic carbocycles. The Balaban J connectivity index is 0.000000816. The monoisotopic (exact) mass is 324 g/mol. The van der Waals surface area contributed by atoms with Gasteiger partial charge in [-0.05, 0) is 44.1 Å². The van der Waals surface area contributed by atoms with E-state index in [1.54, 1.807) is 0 Å². The molecule has 2 atom stereocenters. The van der Waals surface area contributed by atoms with Crippen LogP contribution in [0, 0.1) is 0 Å². The molecule has 23 heavy (non-hydrogen) atoms. The SMILES string of the molecule is CN1CCC[C@H]1C(=O)N[C@@H](C(=O)O)c1ccc(O)cc1.O=CO. The van der Waals surface area contributed by atoms with Crippen molar-refractivity contribution in [3.63, 3.8) is 0 Å². The number of phenolic OH excluding ortho intramolecular Hbond substituents is 1. The van der Waals surface area contributed by atoms with Crippen LogP contribution >= 0.6 is 0 Å². The topological polar surface area (TPSA) is 127 Å². The summed E-state index contributed by atoms with van der Waals surface area (Å²) in [5, 5.41) is 27.9. The normalized spacial score (nSPS) is 18.4. The van der Waals surface area contributed by atoms with E-state index in [-0.39, 0.29) is 24.2 Å². The lowest BCUT2D eigenvalue weighted by atomic mass is 10.1. The number of aromatic hydroxyl groups is 1. The van der Waals surface area contributed by atoms with Crippen LogP contribution < -0.4 is 5.32 Å². The highest BCUT2D eigenvalue weighted by atomic mass is 16.4. The number of nitrogens with one attached hydrogen (secondary N) is 1. The Morgan fingerprint density at radius 2 is 1.91 bits per heavy atom. The molecule has 0 saturated carbocycles. The number of benzene rings is 1. The van der Waals surface area contributed by atoms with Gasteiger partial charge in [-0.1, -0.05) is 12.1 Å². The van der Waals surface area contributed by atoms with Crippen molar-refractivity contribution >= 4 is 18.3 Å². The van der Waals surface area contributed by atoms with Crippen LogP contribution in [0.25, 0.3) is 0 Å². The molecule has 0 unspecified atom stereocenters. The fourth-order valence-corrected chi connectivity index (χ4v) is 2.43. The minimum absolute atomic E-state index is 0.0553. The van der Waals surface area contributed by atoms with E-state index >= 15 is 0 Å². The Hall–Kier alpha value is -2.61. The number of carboxylic acid groups (broad SMARTS) is 2. The average Bonchev–Trinajstić information content (AvgIpc) is 2.92. The number of aliphatic carboxylic acids is 1. The summed E-state index contributed by atoms with van der Waals surface area (Å²) in [6.45, 7) is 0.592. The molecule has 0 bridgehead atoms. The van der Waals surface area contributed by atoms with Crippen molar-refractivity contribution < 1.29 is 29.7 Å². The highest BCUT2D eigenvalue weighted by Crippen LogP contribution is 2.20. The molecule has 1 aromatic rings. The first-order valence-electron chi connectivity index (χ1n) is 7.01. The number of rotatable bonds is 4. The largest absolute Gasteiger partial charge is 0.508 e. The molecule has 4 N–H and O–H groups in total. The zero-order valence-corrected chi connectivity index (χ0v) is 12.7. The number of hydrogen-bond acceptors (Lipinski definition) is 5. The molecule has 1 aliphatic rings. The maximum atomic E-state index is 12.1. The lowest BCUT2D eigenvalue weighted by Gasteiger charge is -2.22. The van der Waals surface area contributed by atoms with Gasteiger partial charge in [-0.3, -0.25) is 14.5 Å². The van der Waals surface area contributed by atoms with Crippen LogP contribution in [0.2, 0.25) is 0 Å². The lowest BCUT2D eigenvalue weighted by molar-refractivity contribution is -0.142. The molecule has 1 amide bonds. The van der Waals surface area contributed by atoms with Crippen LogP contribution in [0.5, 0.6) is 5.75 Å². The highest BCUT2D eigenvalue weighted by Gasteiger charge is 2.31. The molecule has 0 aliphatic carbocycles. The number of nitrogens with zero attached hydrogens (tertiary/aromatic N) is 1. The smallest absolute Gasteiger partial charge is 0.330 e. The van der Waals surface area contributed by atoms with Gasteiger partial charge in [0.25, 0.3) is 6.47 Å². The summed E-state index contributed by atoms with van der Waals surface area (Å²) < 4.78 is 0. The van der Waals surface area contributed by atoms with Gasteiger partial charge in [0.2, 0.25) is 5.91 Å². The predicted octanol–water partition coefficient (Wildman–Crippen LogP) is 0.429. The van der Waals surface area contributed by atoms with Crippen LogP contribution in [0.4, 0.5) is 0 Å². The summed E-state index contributed by atoms with van der Waals surface area (Å²) in [5.41, 5.74) is 0.435. The maximum absolute atomic E-state index is 12.1. The van der Waals surface area contributed by atoms with Crippen molar-refractivity contribution in [2.45, 2.75) is 24.9 Å². The quantitative estimate of drug-likeness (QED) is 0.591. The first-order chi connectivity index (χ1) is 10.9. The summed E-state index contributed by atoms with van der Waals surface area (Å²) in [5.74, 6) is -1.34. The third-order valence-electron chi connectivity index (χ3n) is 3.58. The molecule has 0 spiro atoms. The Kier molecular flexibility index (Phi) is 7.01. The third-order valence-corrected chi connectivity index (χ3v) is 3.58. The van der Waals surface area contributed by atoms with E-state index in [2.05, 4.69) is 5.32 Å². The number of phenols is 1. The summed E-state index contributed by atoms with van der Waals surface area (Å²) in [6.07, 6.45) is 1.68.